The van der Waals surface area contributed by atoms with Crippen LogP contribution in [-0.2, 0) is 41.9 Å². The van der Waals surface area contributed by atoms with Gasteiger partial charge in [-0.2, -0.15) is 13.2 Å². The second-order valence-corrected chi connectivity index (χ2v) is 18.2. The average Bonchev–Trinajstić information content (AvgIpc) is 3.69. The molecule has 6 aromatic carbocycles. The lowest BCUT2D eigenvalue weighted by Gasteiger charge is -2.39. The topological polar surface area (TPSA) is 134 Å². The zero-order valence-corrected chi connectivity index (χ0v) is 40.2. The standard InChI is InChI=1S/C57H56F3N3O7S/c1-4-33-69-52(66)35-50(64)53(37(2)3)63(71)51(65)31-32-56(39-20-7-5-8-21-39,40-22-9-6-10-23-40)47-29-17-18-30-48(47)61-54(67)49(34-38-19-11-16-28-46(38)57(58,59)60)62-55(68)70-36-45-43-26-14-12-24-41(43)42-25-13-15-27-44(42)45/h4-30,37,45,49-50,53,64,71H,1,31-36H2,2-3H3,(H,61,67)(H,62,68)/t49?,50-,53+/m0/s1. The van der Waals surface area contributed by atoms with E-state index in [1.165, 1.54) is 24.3 Å². The van der Waals surface area contributed by atoms with Crippen molar-refractivity contribution in [3.63, 3.8) is 0 Å². The van der Waals surface area contributed by atoms with Gasteiger partial charge in [0, 0.05) is 29.9 Å². The van der Waals surface area contributed by atoms with Crippen LogP contribution in [0.4, 0.5) is 23.7 Å². The Kier molecular flexibility index (Phi) is 16.9. The molecule has 0 fully saturated rings. The third-order valence-electron chi connectivity index (χ3n) is 12.9. The number of aliphatic hydroxyl groups excluding tert-OH is 1. The second-order valence-electron chi connectivity index (χ2n) is 17.8. The Morgan fingerprint density at radius 3 is 1.86 bits per heavy atom. The zero-order valence-electron chi connectivity index (χ0n) is 39.3. The van der Waals surface area contributed by atoms with E-state index in [0.717, 1.165) is 43.8 Å². The van der Waals surface area contributed by atoms with Gasteiger partial charge in [0.2, 0.25) is 11.8 Å². The van der Waals surface area contributed by atoms with Crippen molar-refractivity contribution in [1.29, 1.82) is 0 Å². The number of ether oxygens (including phenoxy) is 2. The van der Waals surface area contributed by atoms with Crippen LogP contribution in [-0.4, -0.2) is 64.7 Å². The molecule has 3 atom stereocenters. The molecule has 14 heteroatoms. The third-order valence-corrected chi connectivity index (χ3v) is 13.4. The highest BCUT2D eigenvalue weighted by Gasteiger charge is 2.41. The number of fused-ring (bicyclic) bond motifs is 3. The van der Waals surface area contributed by atoms with Crippen LogP contribution in [0.25, 0.3) is 11.1 Å². The molecule has 1 aliphatic carbocycles. The van der Waals surface area contributed by atoms with Gasteiger partial charge in [-0.05, 0) is 69.0 Å². The van der Waals surface area contributed by atoms with Gasteiger partial charge < -0.3 is 25.2 Å². The highest BCUT2D eigenvalue weighted by molar-refractivity contribution is 7.78. The van der Waals surface area contributed by atoms with Crippen molar-refractivity contribution in [3.8, 4) is 11.1 Å². The first-order valence-electron chi connectivity index (χ1n) is 23.4. The molecule has 0 spiro atoms. The number of halogens is 3. The number of carbonyl (C=O) groups excluding carboxylic acids is 4. The number of hydrogen-bond acceptors (Lipinski definition) is 8. The monoisotopic (exact) mass is 983 g/mol. The summed E-state index contributed by atoms with van der Waals surface area (Å²) in [5.41, 5.74) is 3.83. The molecular formula is C57H56F3N3O7S. The lowest BCUT2D eigenvalue weighted by Crippen LogP contribution is -2.47. The maximum Gasteiger partial charge on any atom is 0.416 e. The number of benzene rings is 6. The van der Waals surface area contributed by atoms with E-state index < -0.39 is 65.6 Å². The van der Waals surface area contributed by atoms with Crippen molar-refractivity contribution >= 4 is 42.4 Å². The molecule has 6 aromatic rings. The van der Waals surface area contributed by atoms with E-state index in [0.29, 0.717) is 5.56 Å². The van der Waals surface area contributed by atoms with E-state index in [4.69, 9.17) is 9.47 Å². The highest BCUT2D eigenvalue weighted by Crippen LogP contribution is 2.47. The summed E-state index contributed by atoms with van der Waals surface area (Å²) < 4.78 is 55.5. The van der Waals surface area contributed by atoms with Crippen molar-refractivity contribution < 1.29 is 46.9 Å². The number of hydrogen-bond donors (Lipinski definition) is 4. The molecule has 10 nitrogen and oxygen atoms in total. The van der Waals surface area contributed by atoms with Crippen LogP contribution >= 0.6 is 12.8 Å². The fraction of sp³-hybridized carbons (Fsp3) is 0.263. The maximum absolute atomic E-state index is 14.9. The summed E-state index contributed by atoms with van der Waals surface area (Å²) in [6.45, 7) is 7.00. The van der Waals surface area contributed by atoms with E-state index in [-0.39, 0.29) is 55.6 Å². The van der Waals surface area contributed by atoms with Crippen molar-refractivity contribution in [3.05, 3.63) is 209 Å². The Bertz CT molecular complexity index is 2740. The first-order valence-corrected chi connectivity index (χ1v) is 23.8. The average molecular weight is 984 g/mol. The number of thiol groups is 1. The zero-order chi connectivity index (χ0) is 50.7. The van der Waals surface area contributed by atoms with E-state index in [1.807, 2.05) is 109 Å². The normalized spacial score (nSPS) is 13.5. The van der Waals surface area contributed by atoms with Crippen LogP contribution in [0.15, 0.2) is 170 Å². The molecule has 0 radical (unpaired) electrons. The van der Waals surface area contributed by atoms with E-state index in [2.05, 4.69) is 30.0 Å². The molecule has 0 saturated heterocycles. The number of amides is 3. The molecule has 3 N–H and O–H groups in total. The molecule has 368 valence electrons. The van der Waals surface area contributed by atoms with Gasteiger partial charge in [0.1, 0.15) is 19.3 Å². The minimum atomic E-state index is -4.76. The van der Waals surface area contributed by atoms with Crippen molar-refractivity contribution in [2.75, 3.05) is 18.5 Å². The van der Waals surface area contributed by atoms with Crippen molar-refractivity contribution in [2.24, 2.45) is 5.92 Å². The van der Waals surface area contributed by atoms with Crippen LogP contribution in [0.5, 0.6) is 0 Å². The Morgan fingerprint density at radius 1 is 0.746 bits per heavy atom. The van der Waals surface area contributed by atoms with Crippen LogP contribution < -0.4 is 10.6 Å². The van der Waals surface area contributed by atoms with Gasteiger partial charge in [0.15, 0.2) is 0 Å². The first-order chi connectivity index (χ1) is 34.1. The predicted molar refractivity (Wildman–Crippen MR) is 270 cm³/mol. The number of para-hydroxylation sites is 1. The van der Waals surface area contributed by atoms with Crippen molar-refractivity contribution in [2.45, 2.75) is 75.2 Å². The third kappa shape index (κ3) is 11.9. The molecule has 0 bridgehead atoms. The Morgan fingerprint density at radius 2 is 1.28 bits per heavy atom. The summed E-state index contributed by atoms with van der Waals surface area (Å²) in [7, 11) is 0. The summed E-state index contributed by atoms with van der Waals surface area (Å²) in [6, 6.07) is 43.6. The molecule has 1 aliphatic rings. The van der Waals surface area contributed by atoms with Crippen LogP contribution in [0, 0.1) is 5.92 Å². The van der Waals surface area contributed by atoms with Gasteiger partial charge in [-0.15, -0.1) is 0 Å². The Balaban J connectivity index is 1.22. The summed E-state index contributed by atoms with van der Waals surface area (Å²) in [6.07, 6.45) is -6.64. The minimum Gasteiger partial charge on any atom is -0.461 e. The van der Waals surface area contributed by atoms with Gasteiger partial charge in [-0.3, -0.25) is 18.7 Å². The van der Waals surface area contributed by atoms with Gasteiger partial charge in [0.25, 0.3) is 0 Å². The molecule has 7 rings (SSSR count). The van der Waals surface area contributed by atoms with Gasteiger partial charge in [0.05, 0.1) is 24.1 Å². The molecule has 0 heterocycles. The molecule has 0 aromatic heterocycles. The van der Waals surface area contributed by atoms with Crippen molar-refractivity contribution in [1.82, 2.24) is 9.62 Å². The molecule has 1 unspecified atom stereocenters. The number of esters is 1. The maximum atomic E-state index is 14.9. The van der Waals surface area contributed by atoms with E-state index >= 15 is 0 Å². The number of alkyl halides is 3. The lowest BCUT2D eigenvalue weighted by molar-refractivity contribution is -0.147. The van der Waals surface area contributed by atoms with Gasteiger partial charge in [-0.1, -0.05) is 185 Å². The van der Waals surface area contributed by atoms with Crippen LogP contribution in [0.3, 0.4) is 0 Å². The number of rotatable bonds is 20. The summed E-state index contributed by atoms with van der Waals surface area (Å²) in [5.74, 6) is -2.60. The number of aliphatic hydroxyl groups is 1. The van der Waals surface area contributed by atoms with Crippen LogP contribution in [0.2, 0.25) is 0 Å². The first kappa shape index (κ1) is 51.7. The van der Waals surface area contributed by atoms with Gasteiger partial charge >= 0.3 is 18.2 Å². The predicted octanol–water partition coefficient (Wildman–Crippen LogP) is 11.1. The number of alkyl carbamates (subject to hydrolysis) is 1. The van der Waals surface area contributed by atoms with Gasteiger partial charge in [-0.25, -0.2) is 4.79 Å². The Hall–Kier alpha value is -7.16. The number of nitrogens with zero attached hydrogens (tertiary/aromatic N) is 1. The number of nitrogens with one attached hydrogen (secondary N) is 2. The second kappa shape index (κ2) is 23.2. The van der Waals surface area contributed by atoms with E-state index in [1.54, 1.807) is 38.1 Å². The number of anilines is 1. The quantitative estimate of drug-likeness (QED) is 0.0259. The highest BCUT2D eigenvalue weighted by atomic mass is 32.1. The van der Waals surface area contributed by atoms with E-state index in [9.17, 15) is 37.5 Å². The van der Waals surface area contributed by atoms with Crippen LogP contribution in [0.1, 0.15) is 78.0 Å². The summed E-state index contributed by atoms with van der Waals surface area (Å²) >= 11 is 4.61. The molecule has 0 saturated carbocycles. The molecule has 3 amide bonds. The largest absolute Gasteiger partial charge is 0.461 e. The molecule has 0 aliphatic heterocycles. The minimum absolute atomic E-state index is 0.0356. The fourth-order valence-corrected chi connectivity index (χ4v) is 10.2. The smallest absolute Gasteiger partial charge is 0.416 e. The number of carbonyl (C=O) groups is 4. The lowest BCUT2D eigenvalue weighted by atomic mass is 9.66. The summed E-state index contributed by atoms with van der Waals surface area (Å²) in [4.78, 5) is 55.6. The summed E-state index contributed by atoms with van der Waals surface area (Å²) in [5, 5.41) is 16.8. The molecular weight excluding hydrogens is 928 g/mol. The SMILES string of the molecule is C=CCOC(=O)C[C@H](O)[C@@H](C(C)C)N(S)C(=O)CCC(c1ccccc1)(c1ccccc1)c1ccccc1NC(=O)C(Cc1ccccc1C(F)(F)F)NC(=O)OCC1c2ccccc2-c2ccccc21. The Labute approximate surface area is 417 Å². The fourth-order valence-electron chi connectivity index (χ4n) is 9.68. The molecule has 71 heavy (non-hydrogen) atoms.